The lowest BCUT2D eigenvalue weighted by Crippen LogP contribution is -2.13. The Kier molecular flexibility index (Phi) is 9.56. The Labute approximate surface area is 209 Å². The van der Waals surface area contributed by atoms with Crippen molar-refractivity contribution in [2.75, 3.05) is 44.5 Å². The Morgan fingerprint density at radius 3 is 2.66 bits per heavy atom. The van der Waals surface area contributed by atoms with Crippen molar-refractivity contribution in [1.29, 1.82) is 0 Å². The molecule has 2 aromatic carbocycles. The molecule has 0 radical (unpaired) electrons. The lowest BCUT2D eigenvalue weighted by Gasteiger charge is -2.12. The largest absolute Gasteiger partial charge is 0.381 e. The highest BCUT2D eigenvalue weighted by Gasteiger charge is 2.11. The first-order valence-corrected chi connectivity index (χ1v) is 11.4. The Hall–Kier alpha value is -3.51. The number of benzene rings is 2. The van der Waals surface area contributed by atoms with Crippen molar-refractivity contribution in [3.63, 3.8) is 0 Å². The van der Waals surface area contributed by atoms with Crippen LogP contribution in [0.25, 0.3) is 10.9 Å². The summed E-state index contributed by atoms with van der Waals surface area (Å²) in [4.78, 5) is 22.7. The molecular weight excluding hydrogens is 469 g/mol. The van der Waals surface area contributed by atoms with Crippen LogP contribution in [0.5, 0.6) is 0 Å². The van der Waals surface area contributed by atoms with Gasteiger partial charge in [-0.15, -0.1) is 6.42 Å². The summed E-state index contributed by atoms with van der Waals surface area (Å²) < 4.78 is 18.4. The molecule has 0 aliphatic carbocycles. The van der Waals surface area contributed by atoms with Crippen LogP contribution in [0.2, 0.25) is 5.02 Å². The summed E-state index contributed by atoms with van der Waals surface area (Å²) in [6.07, 6.45) is 12.8. The number of anilines is 3. The minimum absolute atomic E-state index is 0.00885. The summed E-state index contributed by atoms with van der Waals surface area (Å²) in [5, 5.41) is 6.51. The normalized spacial score (nSPS) is 12.9. The van der Waals surface area contributed by atoms with Gasteiger partial charge in [0.1, 0.15) is 18.0 Å². The number of nitrogens with one attached hydrogen (secondary N) is 2. The molecule has 9 heteroatoms. The first-order chi connectivity index (χ1) is 16.9. The number of nitrogens with zero attached hydrogens (tertiary/aromatic N) is 3. The van der Waals surface area contributed by atoms with Crippen molar-refractivity contribution >= 4 is 45.6 Å². The molecule has 182 valence electrons. The van der Waals surface area contributed by atoms with E-state index >= 15 is 0 Å². The van der Waals surface area contributed by atoms with Gasteiger partial charge in [0.15, 0.2) is 0 Å². The van der Waals surface area contributed by atoms with Gasteiger partial charge in [0, 0.05) is 36.9 Å². The van der Waals surface area contributed by atoms with Crippen LogP contribution >= 0.6 is 11.6 Å². The summed E-state index contributed by atoms with van der Waals surface area (Å²) in [5.41, 5.74) is 2.10. The van der Waals surface area contributed by atoms with Gasteiger partial charge >= 0.3 is 0 Å². The molecule has 2 N–H and O–H groups in total. The van der Waals surface area contributed by atoms with E-state index in [0.717, 1.165) is 13.2 Å². The standard InChI is InChI=1S/C22H19ClFN5O.C4H8O/c1-4-14-10-20-16(12-19(14)28-21(30)6-5-9-29(2)3)22(26-13-25-20)27-15-7-8-18(24)17(23)11-15;1-2-4-5-3-1/h1,5-8,10-13H,9H2,2-3H3,(H,28,30)(H,25,26,27);1-4H2/b6-5+;. The van der Waals surface area contributed by atoms with E-state index in [4.69, 9.17) is 22.8 Å². The number of hydrogen-bond acceptors (Lipinski definition) is 6. The molecule has 2 heterocycles. The number of fused-ring (bicyclic) bond motifs is 1. The molecule has 1 aliphatic rings. The number of amides is 1. The van der Waals surface area contributed by atoms with Crippen LogP contribution in [0.15, 0.2) is 48.8 Å². The van der Waals surface area contributed by atoms with Crippen LogP contribution in [-0.4, -0.2) is 54.6 Å². The van der Waals surface area contributed by atoms with Gasteiger partial charge in [0.25, 0.3) is 0 Å². The van der Waals surface area contributed by atoms with Gasteiger partial charge in [-0.25, -0.2) is 14.4 Å². The topological polar surface area (TPSA) is 79.4 Å². The number of carbonyl (C=O) groups excluding carboxylic acids is 1. The fourth-order valence-corrected chi connectivity index (χ4v) is 3.37. The third kappa shape index (κ3) is 7.76. The summed E-state index contributed by atoms with van der Waals surface area (Å²) >= 11 is 5.85. The summed E-state index contributed by atoms with van der Waals surface area (Å²) in [6, 6.07) is 7.66. The maximum Gasteiger partial charge on any atom is 0.248 e. The lowest BCUT2D eigenvalue weighted by atomic mass is 10.1. The first kappa shape index (κ1) is 26.1. The highest BCUT2D eigenvalue weighted by atomic mass is 35.5. The number of hydrogen-bond donors (Lipinski definition) is 2. The van der Waals surface area contributed by atoms with Gasteiger partial charge < -0.3 is 20.3 Å². The van der Waals surface area contributed by atoms with Crippen LogP contribution < -0.4 is 10.6 Å². The zero-order valence-electron chi connectivity index (χ0n) is 19.6. The number of likely N-dealkylation sites (N-methyl/N-ethyl adjacent to an activating group) is 1. The molecule has 4 rings (SSSR count). The maximum absolute atomic E-state index is 13.4. The third-order valence-corrected chi connectivity index (χ3v) is 5.23. The molecule has 0 bridgehead atoms. The number of ether oxygens (including phenoxy) is 1. The van der Waals surface area contributed by atoms with Crippen LogP contribution in [0.4, 0.5) is 21.6 Å². The van der Waals surface area contributed by atoms with Gasteiger partial charge in [0.05, 0.1) is 21.8 Å². The van der Waals surface area contributed by atoms with Gasteiger partial charge in [-0.1, -0.05) is 23.6 Å². The van der Waals surface area contributed by atoms with Crippen molar-refractivity contribution in [3.05, 3.63) is 65.2 Å². The molecule has 1 fully saturated rings. The van der Waals surface area contributed by atoms with Crippen LogP contribution in [0.1, 0.15) is 18.4 Å². The SMILES string of the molecule is C#Cc1cc2ncnc(Nc3ccc(F)c(Cl)c3)c2cc1NC(=O)/C=C/CN(C)C.C1CCOC1. The predicted molar refractivity (Wildman–Crippen MR) is 139 cm³/mol. The highest BCUT2D eigenvalue weighted by molar-refractivity contribution is 6.31. The van der Waals surface area contributed by atoms with E-state index < -0.39 is 5.82 Å². The zero-order valence-corrected chi connectivity index (χ0v) is 20.4. The van der Waals surface area contributed by atoms with E-state index in [2.05, 4.69) is 26.5 Å². The lowest BCUT2D eigenvalue weighted by molar-refractivity contribution is -0.111. The number of rotatable bonds is 6. The van der Waals surface area contributed by atoms with Crippen molar-refractivity contribution in [2.45, 2.75) is 12.8 Å². The molecule has 0 unspecified atom stereocenters. The van der Waals surface area contributed by atoms with Gasteiger partial charge in [-0.05, 0) is 57.3 Å². The van der Waals surface area contributed by atoms with Crippen LogP contribution in [0, 0.1) is 18.2 Å². The monoisotopic (exact) mass is 495 g/mol. The molecule has 1 amide bonds. The first-order valence-electron chi connectivity index (χ1n) is 11.0. The van der Waals surface area contributed by atoms with Crippen molar-refractivity contribution < 1.29 is 13.9 Å². The van der Waals surface area contributed by atoms with E-state index in [0.29, 0.717) is 40.2 Å². The predicted octanol–water partition coefficient (Wildman–Crippen LogP) is 5.00. The van der Waals surface area contributed by atoms with Crippen molar-refractivity contribution in [1.82, 2.24) is 14.9 Å². The van der Waals surface area contributed by atoms with Crippen LogP contribution in [-0.2, 0) is 9.53 Å². The Balaban J connectivity index is 0.000000607. The van der Waals surface area contributed by atoms with Gasteiger partial charge in [0.2, 0.25) is 5.91 Å². The molecule has 7 nitrogen and oxygen atoms in total. The quantitative estimate of drug-likeness (QED) is 0.370. The number of carbonyl (C=O) groups is 1. The highest BCUT2D eigenvalue weighted by Crippen LogP contribution is 2.29. The Morgan fingerprint density at radius 2 is 2.03 bits per heavy atom. The molecule has 1 aromatic heterocycles. The molecule has 0 spiro atoms. The molecule has 35 heavy (non-hydrogen) atoms. The van der Waals surface area contributed by atoms with E-state index in [9.17, 15) is 9.18 Å². The summed E-state index contributed by atoms with van der Waals surface area (Å²) in [6.45, 7) is 2.63. The summed E-state index contributed by atoms with van der Waals surface area (Å²) in [7, 11) is 3.82. The minimum atomic E-state index is -0.513. The molecule has 0 atom stereocenters. The van der Waals surface area contributed by atoms with Gasteiger partial charge in [-0.2, -0.15) is 0 Å². The second kappa shape index (κ2) is 12.8. The Morgan fingerprint density at radius 1 is 1.26 bits per heavy atom. The maximum atomic E-state index is 13.4. The fraction of sp³-hybridized carbons (Fsp3) is 0.269. The number of halogens is 2. The minimum Gasteiger partial charge on any atom is -0.381 e. The average Bonchev–Trinajstić information content (AvgIpc) is 3.41. The number of terminal acetylenes is 1. The van der Waals surface area contributed by atoms with E-state index in [-0.39, 0.29) is 10.9 Å². The second-order valence-corrected chi connectivity index (χ2v) is 8.42. The number of aromatic nitrogens is 2. The van der Waals surface area contributed by atoms with Crippen molar-refractivity contribution in [3.8, 4) is 12.3 Å². The van der Waals surface area contributed by atoms with E-state index in [1.54, 1.807) is 24.3 Å². The smallest absolute Gasteiger partial charge is 0.248 e. The van der Waals surface area contributed by atoms with E-state index in [1.165, 1.54) is 37.4 Å². The van der Waals surface area contributed by atoms with Gasteiger partial charge in [-0.3, -0.25) is 4.79 Å². The van der Waals surface area contributed by atoms with Crippen LogP contribution in [0.3, 0.4) is 0 Å². The molecule has 1 saturated heterocycles. The Bertz CT molecular complexity index is 1240. The zero-order chi connectivity index (χ0) is 25.2. The van der Waals surface area contributed by atoms with E-state index in [1.807, 2.05) is 19.0 Å². The molecule has 3 aromatic rings. The summed E-state index contributed by atoms with van der Waals surface area (Å²) in [5.74, 6) is 2.21. The van der Waals surface area contributed by atoms with Crippen molar-refractivity contribution in [2.24, 2.45) is 0 Å². The molecular formula is C26H27ClFN5O2. The molecule has 0 saturated carbocycles. The third-order valence-electron chi connectivity index (χ3n) is 4.94. The fourth-order valence-electron chi connectivity index (χ4n) is 3.19. The second-order valence-electron chi connectivity index (χ2n) is 8.01. The average molecular weight is 496 g/mol. The molecule has 1 aliphatic heterocycles.